The van der Waals surface area contributed by atoms with Gasteiger partial charge in [0.15, 0.2) is 10.0 Å². The molecule has 3 aromatic heterocycles. The van der Waals surface area contributed by atoms with Crippen LogP contribution in [-0.2, 0) is 17.6 Å². The van der Waals surface area contributed by atoms with Crippen molar-refractivity contribution in [3.8, 4) is 19.8 Å². The monoisotopic (exact) mass is 436 g/mol. The van der Waals surface area contributed by atoms with Crippen molar-refractivity contribution < 1.29 is 9.90 Å². The molecule has 3 aromatic rings. The lowest BCUT2D eigenvalue weighted by atomic mass is 10.2. The summed E-state index contributed by atoms with van der Waals surface area (Å²) in [6, 6.07) is 4.41. The van der Waals surface area contributed by atoms with Gasteiger partial charge in [-0.1, -0.05) is 11.3 Å². The summed E-state index contributed by atoms with van der Waals surface area (Å²) >= 11 is 5.13. The van der Waals surface area contributed by atoms with Crippen LogP contribution in [-0.4, -0.2) is 48.0 Å². The molecule has 0 bridgehead atoms. The topological polar surface area (TPSA) is 87.1 Å². The number of nitrogens with zero attached hydrogens (tertiary/aromatic N) is 2. The third-order valence-corrected chi connectivity index (χ3v) is 7.59. The number of hydrogen-bond donors (Lipinski definition) is 3. The molecule has 0 saturated carbocycles. The SMILES string of the molecule is CNCCc1cc(C)sc1-c1nnc(-c2sc(C)cc2CCNCC(=O)O)s1. The summed E-state index contributed by atoms with van der Waals surface area (Å²) in [7, 11) is 1.97. The Morgan fingerprint density at radius 3 is 2.00 bits per heavy atom. The van der Waals surface area contributed by atoms with Crippen LogP contribution in [0.25, 0.3) is 19.8 Å². The number of thiophene rings is 2. The van der Waals surface area contributed by atoms with Gasteiger partial charge in [0.25, 0.3) is 0 Å². The fourth-order valence-electron chi connectivity index (χ4n) is 2.95. The zero-order valence-electron chi connectivity index (χ0n) is 16.2. The Hall–Kier alpha value is -1.65. The molecule has 0 amide bonds. The Labute approximate surface area is 176 Å². The van der Waals surface area contributed by atoms with E-state index >= 15 is 0 Å². The first-order valence-corrected chi connectivity index (χ1v) is 11.5. The van der Waals surface area contributed by atoms with Gasteiger partial charge in [0, 0.05) is 9.75 Å². The van der Waals surface area contributed by atoms with E-state index in [0.717, 1.165) is 34.3 Å². The van der Waals surface area contributed by atoms with Crippen LogP contribution in [0.2, 0.25) is 0 Å². The third-order valence-electron chi connectivity index (χ3n) is 4.17. The molecule has 0 atom stereocenters. The Bertz CT molecular complexity index is 945. The standard InChI is InChI=1S/C19H24N4O2S3/c1-11-8-13(4-6-20-3)16(26-11)18-22-23-19(28-18)17-14(9-12(2)27-17)5-7-21-10-15(24)25/h8-9,20-21H,4-7,10H2,1-3H3,(H,24,25). The maximum atomic E-state index is 10.7. The van der Waals surface area contributed by atoms with Gasteiger partial charge in [0.1, 0.15) is 0 Å². The number of carboxylic acid groups (broad SMARTS) is 1. The molecule has 0 aliphatic rings. The van der Waals surface area contributed by atoms with E-state index in [1.54, 1.807) is 34.0 Å². The van der Waals surface area contributed by atoms with Crippen LogP contribution in [0.15, 0.2) is 12.1 Å². The third kappa shape index (κ3) is 5.24. The molecule has 0 aromatic carbocycles. The number of aliphatic carboxylic acids is 1. The second kappa shape index (κ2) is 9.71. The number of carboxylic acids is 1. The molecule has 3 heterocycles. The van der Waals surface area contributed by atoms with Gasteiger partial charge in [0.2, 0.25) is 0 Å². The number of rotatable bonds is 10. The summed E-state index contributed by atoms with van der Waals surface area (Å²) in [4.78, 5) is 15.5. The van der Waals surface area contributed by atoms with E-state index in [1.807, 2.05) is 7.05 Å². The molecule has 0 saturated heterocycles. The predicted molar refractivity (Wildman–Crippen MR) is 118 cm³/mol. The lowest BCUT2D eigenvalue weighted by Crippen LogP contribution is -2.24. The van der Waals surface area contributed by atoms with Crippen molar-refractivity contribution in [2.45, 2.75) is 26.7 Å². The largest absolute Gasteiger partial charge is 0.480 e. The first kappa shape index (κ1) is 21.1. The van der Waals surface area contributed by atoms with Gasteiger partial charge in [-0.15, -0.1) is 32.9 Å². The van der Waals surface area contributed by atoms with Gasteiger partial charge < -0.3 is 15.7 Å². The van der Waals surface area contributed by atoms with Gasteiger partial charge in [-0.2, -0.15) is 0 Å². The van der Waals surface area contributed by atoms with E-state index < -0.39 is 5.97 Å². The smallest absolute Gasteiger partial charge is 0.317 e. The molecular formula is C19H24N4O2S3. The minimum absolute atomic E-state index is 0.0193. The quantitative estimate of drug-likeness (QED) is 0.421. The van der Waals surface area contributed by atoms with Crippen molar-refractivity contribution in [1.29, 1.82) is 0 Å². The van der Waals surface area contributed by atoms with E-state index in [1.165, 1.54) is 25.8 Å². The number of hydrogen-bond acceptors (Lipinski definition) is 8. The molecule has 3 rings (SSSR count). The molecule has 6 nitrogen and oxygen atoms in total. The summed E-state index contributed by atoms with van der Waals surface area (Å²) in [6.07, 6.45) is 1.75. The van der Waals surface area contributed by atoms with Crippen molar-refractivity contribution in [3.63, 3.8) is 0 Å². The maximum Gasteiger partial charge on any atom is 0.317 e. The maximum absolute atomic E-state index is 10.7. The minimum Gasteiger partial charge on any atom is -0.480 e. The first-order chi connectivity index (χ1) is 13.5. The van der Waals surface area contributed by atoms with Crippen LogP contribution in [0.4, 0.5) is 0 Å². The lowest BCUT2D eigenvalue weighted by molar-refractivity contribution is -0.135. The Balaban J connectivity index is 1.80. The van der Waals surface area contributed by atoms with E-state index in [0.29, 0.717) is 6.54 Å². The van der Waals surface area contributed by atoms with Crippen LogP contribution in [0.1, 0.15) is 20.9 Å². The molecule has 0 radical (unpaired) electrons. The zero-order valence-corrected chi connectivity index (χ0v) is 18.6. The lowest BCUT2D eigenvalue weighted by Gasteiger charge is -2.02. The van der Waals surface area contributed by atoms with E-state index in [2.05, 4.69) is 46.8 Å². The summed E-state index contributed by atoms with van der Waals surface area (Å²) < 4.78 is 0. The number of carbonyl (C=O) groups is 1. The highest BCUT2D eigenvalue weighted by Crippen LogP contribution is 2.40. The Kier molecular flexibility index (Phi) is 7.30. The van der Waals surface area contributed by atoms with Crippen molar-refractivity contribution in [2.24, 2.45) is 0 Å². The molecule has 0 aliphatic carbocycles. The second-order valence-corrected chi connectivity index (χ2v) is 10.00. The van der Waals surface area contributed by atoms with E-state index in [4.69, 9.17) is 5.11 Å². The summed E-state index contributed by atoms with van der Waals surface area (Å²) in [5.74, 6) is -0.837. The van der Waals surface area contributed by atoms with Crippen LogP contribution < -0.4 is 10.6 Å². The number of aromatic nitrogens is 2. The molecule has 28 heavy (non-hydrogen) atoms. The molecule has 0 aliphatic heterocycles. The van der Waals surface area contributed by atoms with Gasteiger partial charge in [0.05, 0.1) is 16.3 Å². The number of nitrogens with one attached hydrogen (secondary N) is 2. The Morgan fingerprint density at radius 2 is 1.50 bits per heavy atom. The molecule has 9 heteroatoms. The molecule has 3 N–H and O–H groups in total. The highest BCUT2D eigenvalue weighted by atomic mass is 32.1. The molecular weight excluding hydrogens is 412 g/mol. The fourth-order valence-corrected chi connectivity index (χ4v) is 6.13. The van der Waals surface area contributed by atoms with Crippen molar-refractivity contribution in [3.05, 3.63) is 33.0 Å². The van der Waals surface area contributed by atoms with Crippen molar-refractivity contribution >= 4 is 40.0 Å². The molecule has 0 spiro atoms. The van der Waals surface area contributed by atoms with Gasteiger partial charge in [-0.05, 0) is 70.1 Å². The summed E-state index contributed by atoms with van der Waals surface area (Å²) in [6.45, 7) is 5.76. The van der Waals surface area contributed by atoms with Gasteiger partial charge in [-0.3, -0.25) is 4.79 Å². The molecule has 150 valence electrons. The van der Waals surface area contributed by atoms with Crippen LogP contribution in [0.5, 0.6) is 0 Å². The van der Waals surface area contributed by atoms with Gasteiger partial charge >= 0.3 is 5.97 Å². The first-order valence-electron chi connectivity index (χ1n) is 9.08. The normalized spacial score (nSPS) is 11.2. The second-order valence-electron chi connectivity index (χ2n) is 6.51. The summed E-state index contributed by atoms with van der Waals surface area (Å²) in [5.41, 5.74) is 2.51. The average Bonchev–Trinajstić information content (AvgIpc) is 3.34. The highest BCUT2D eigenvalue weighted by Gasteiger charge is 2.18. The Morgan fingerprint density at radius 1 is 0.964 bits per heavy atom. The van der Waals surface area contributed by atoms with E-state index in [9.17, 15) is 4.79 Å². The summed E-state index contributed by atoms with van der Waals surface area (Å²) in [5, 5.41) is 25.8. The highest BCUT2D eigenvalue weighted by molar-refractivity contribution is 7.26. The van der Waals surface area contributed by atoms with Gasteiger partial charge in [-0.25, -0.2) is 0 Å². The van der Waals surface area contributed by atoms with Crippen LogP contribution in [0.3, 0.4) is 0 Å². The number of aryl methyl sites for hydroxylation is 2. The molecule has 0 fully saturated rings. The number of likely N-dealkylation sites (N-methyl/N-ethyl adjacent to an activating group) is 1. The fraction of sp³-hybridized carbons (Fsp3) is 0.421. The van der Waals surface area contributed by atoms with Crippen molar-refractivity contribution in [1.82, 2.24) is 20.8 Å². The van der Waals surface area contributed by atoms with Crippen LogP contribution in [0, 0.1) is 13.8 Å². The molecule has 0 unspecified atom stereocenters. The van der Waals surface area contributed by atoms with Crippen LogP contribution >= 0.6 is 34.0 Å². The average molecular weight is 437 g/mol. The minimum atomic E-state index is -0.837. The zero-order chi connectivity index (χ0) is 20.1. The predicted octanol–water partition coefficient (Wildman–Crippen LogP) is 3.59. The van der Waals surface area contributed by atoms with E-state index in [-0.39, 0.29) is 6.54 Å². The van der Waals surface area contributed by atoms with Crippen molar-refractivity contribution in [2.75, 3.05) is 26.7 Å².